The van der Waals surface area contributed by atoms with Crippen LogP contribution in [0, 0.1) is 6.92 Å². The number of amides is 1. The number of aryl methyl sites for hydroxylation is 1. The number of hydrogen-bond donors (Lipinski definition) is 2. The van der Waals surface area contributed by atoms with Crippen LogP contribution in [-0.4, -0.2) is 27.5 Å². The van der Waals surface area contributed by atoms with Crippen LogP contribution in [0.5, 0.6) is 5.75 Å². The number of nitrogens with one attached hydrogen (secondary N) is 2. The lowest BCUT2D eigenvalue weighted by Crippen LogP contribution is -2.23. The quantitative estimate of drug-likeness (QED) is 0.655. The SMILES string of the molecule is Cc1nnc(CNC(=O)c2csc(Nc3ccc(OC(F)(F)F)cc3)n2)o1. The van der Waals surface area contributed by atoms with Crippen molar-refractivity contribution in [1.29, 1.82) is 0 Å². The summed E-state index contributed by atoms with van der Waals surface area (Å²) in [6.45, 7) is 1.71. The first-order chi connectivity index (χ1) is 12.8. The molecule has 0 saturated heterocycles. The molecule has 0 fully saturated rings. The molecule has 0 aliphatic heterocycles. The van der Waals surface area contributed by atoms with Gasteiger partial charge in [0.25, 0.3) is 5.91 Å². The van der Waals surface area contributed by atoms with Crippen molar-refractivity contribution in [2.75, 3.05) is 5.32 Å². The molecule has 0 radical (unpaired) electrons. The topological polar surface area (TPSA) is 102 Å². The summed E-state index contributed by atoms with van der Waals surface area (Å²) in [5, 5.41) is 14.8. The lowest BCUT2D eigenvalue weighted by molar-refractivity contribution is -0.274. The third-order valence-electron chi connectivity index (χ3n) is 3.04. The molecule has 142 valence electrons. The average Bonchev–Trinajstić information content (AvgIpc) is 3.22. The predicted molar refractivity (Wildman–Crippen MR) is 88.7 cm³/mol. The van der Waals surface area contributed by atoms with E-state index in [0.717, 1.165) is 0 Å². The molecule has 27 heavy (non-hydrogen) atoms. The standard InChI is InChI=1S/C15H12F3N5O3S/c1-8-22-23-12(25-8)6-19-13(24)11-7-27-14(21-11)20-9-2-4-10(5-3-9)26-15(16,17)18/h2-5,7H,6H2,1H3,(H,19,24)(H,20,21). The average molecular weight is 399 g/mol. The Morgan fingerprint density at radius 2 is 2.00 bits per heavy atom. The van der Waals surface area contributed by atoms with Crippen molar-refractivity contribution in [3.8, 4) is 5.75 Å². The van der Waals surface area contributed by atoms with Gasteiger partial charge in [-0.15, -0.1) is 34.7 Å². The van der Waals surface area contributed by atoms with Crippen LogP contribution in [-0.2, 0) is 6.54 Å². The predicted octanol–water partition coefficient (Wildman–Crippen LogP) is 3.41. The maximum absolute atomic E-state index is 12.1. The van der Waals surface area contributed by atoms with Crippen LogP contribution in [0.15, 0.2) is 34.1 Å². The summed E-state index contributed by atoms with van der Waals surface area (Å²) in [5.41, 5.74) is 0.669. The fourth-order valence-corrected chi connectivity index (χ4v) is 2.67. The Hall–Kier alpha value is -3.15. The number of ether oxygens (including phenoxy) is 1. The number of rotatable bonds is 6. The van der Waals surface area contributed by atoms with Gasteiger partial charge >= 0.3 is 6.36 Å². The minimum Gasteiger partial charge on any atom is -0.424 e. The molecular weight excluding hydrogens is 387 g/mol. The molecular formula is C15H12F3N5O3S. The lowest BCUT2D eigenvalue weighted by atomic mass is 10.3. The molecule has 0 aliphatic carbocycles. The van der Waals surface area contributed by atoms with E-state index in [0.29, 0.717) is 16.7 Å². The molecule has 2 N–H and O–H groups in total. The minimum atomic E-state index is -4.74. The van der Waals surface area contributed by atoms with E-state index in [-0.39, 0.29) is 23.9 Å². The number of benzene rings is 1. The molecule has 0 spiro atoms. The highest BCUT2D eigenvalue weighted by Gasteiger charge is 2.30. The van der Waals surface area contributed by atoms with Gasteiger partial charge in [-0.3, -0.25) is 4.79 Å². The van der Waals surface area contributed by atoms with E-state index in [9.17, 15) is 18.0 Å². The Balaban J connectivity index is 1.56. The number of carbonyl (C=O) groups excluding carboxylic acids is 1. The molecule has 8 nitrogen and oxygen atoms in total. The second-order valence-corrected chi connectivity index (χ2v) is 5.99. The molecule has 1 amide bonds. The van der Waals surface area contributed by atoms with Crippen molar-refractivity contribution < 1.29 is 27.1 Å². The molecule has 0 saturated carbocycles. The molecule has 2 aromatic heterocycles. The van der Waals surface area contributed by atoms with Crippen molar-refractivity contribution in [2.24, 2.45) is 0 Å². The molecule has 3 aromatic rings. The highest BCUT2D eigenvalue weighted by atomic mass is 32.1. The third kappa shape index (κ3) is 5.41. The van der Waals surface area contributed by atoms with Crippen LogP contribution in [0.4, 0.5) is 24.0 Å². The highest BCUT2D eigenvalue weighted by Crippen LogP contribution is 2.26. The molecule has 0 unspecified atom stereocenters. The maximum atomic E-state index is 12.1. The number of thiazole rings is 1. The van der Waals surface area contributed by atoms with Crippen LogP contribution in [0.2, 0.25) is 0 Å². The van der Waals surface area contributed by atoms with Gasteiger partial charge in [-0.1, -0.05) is 0 Å². The first-order valence-electron chi connectivity index (χ1n) is 7.44. The Kier molecular flexibility index (Phi) is 5.26. The highest BCUT2D eigenvalue weighted by molar-refractivity contribution is 7.14. The zero-order chi connectivity index (χ0) is 19.4. The van der Waals surface area contributed by atoms with Gasteiger partial charge in [0.15, 0.2) is 5.13 Å². The Labute approximate surface area is 154 Å². The van der Waals surface area contributed by atoms with Gasteiger partial charge in [-0.25, -0.2) is 4.98 Å². The van der Waals surface area contributed by atoms with Crippen LogP contribution in [0.25, 0.3) is 0 Å². The summed E-state index contributed by atoms with van der Waals surface area (Å²) >= 11 is 1.17. The molecule has 0 atom stereocenters. The zero-order valence-electron chi connectivity index (χ0n) is 13.7. The van der Waals surface area contributed by atoms with Crippen LogP contribution in [0.3, 0.4) is 0 Å². The van der Waals surface area contributed by atoms with Crippen molar-refractivity contribution in [2.45, 2.75) is 19.8 Å². The Bertz CT molecular complexity index is 923. The van der Waals surface area contributed by atoms with Gasteiger partial charge in [0, 0.05) is 18.0 Å². The fourth-order valence-electron chi connectivity index (χ4n) is 1.95. The fraction of sp³-hybridized carbons (Fsp3) is 0.200. The molecule has 3 rings (SSSR count). The summed E-state index contributed by atoms with van der Waals surface area (Å²) in [6.07, 6.45) is -4.74. The van der Waals surface area contributed by atoms with Crippen molar-refractivity contribution in [3.05, 3.63) is 47.1 Å². The smallest absolute Gasteiger partial charge is 0.424 e. The van der Waals surface area contributed by atoms with Gasteiger partial charge in [-0.05, 0) is 24.3 Å². The lowest BCUT2D eigenvalue weighted by Gasteiger charge is -2.09. The second kappa shape index (κ2) is 7.61. The number of alkyl halides is 3. The van der Waals surface area contributed by atoms with Crippen LogP contribution >= 0.6 is 11.3 Å². The van der Waals surface area contributed by atoms with Crippen molar-refractivity contribution in [3.63, 3.8) is 0 Å². The first-order valence-corrected chi connectivity index (χ1v) is 8.32. The second-order valence-electron chi connectivity index (χ2n) is 5.13. The summed E-state index contributed by atoms with van der Waals surface area (Å²) < 4.78 is 45.4. The van der Waals surface area contributed by atoms with E-state index >= 15 is 0 Å². The summed E-state index contributed by atoms with van der Waals surface area (Å²) in [6, 6.07) is 5.15. The molecule has 0 aliphatic rings. The van der Waals surface area contributed by atoms with Crippen molar-refractivity contribution >= 4 is 28.1 Å². The van der Waals surface area contributed by atoms with E-state index in [1.165, 1.54) is 41.0 Å². The van der Waals surface area contributed by atoms with Gasteiger partial charge < -0.3 is 19.8 Å². The normalized spacial score (nSPS) is 11.3. The van der Waals surface area contributed by atoms with Gasteiger partial charge in [0.2, 0.25) is 11.8 Å². The van der Waals surface area contributed by atoms with E-state index in [2.05, 4.69) is 30.6 Å². The van der Waals surface area contributed by atoms with E-state index < -0.39 is 12.3 Å². The maximum Gasteiger partial charge on any atom is 0.573 e. The minimum absolute atomic E-state index is 0.0701. The number of anilines is 2. The van der Waals surface area contributed by atoms with E-state index in [4.69, 9.17) is 4.42 Å². The zero-order valence-corrected chi connectivity index (χ0v) is 14.5. The number of hydrogen-bond acceptors (Lipinski definition) is 8. The molecule has 2 heterocycles. The summed E-state index contributed by atoms with van der Waals surface area (Å²) in [7, 11) is 0. The summed E-state index contributed by atoms with van der Waals surface area (Å²) in [5.74, 6) is -0.0887. The number of halogens is 3. The Morgan fingerprint density at radius 3 is 2.63 bits per heavy atom. The first kappa shape index (κ1) is 18.6. The van der Waals surface area contributed by atoms with Crippen LogP contribution < -0.4 is 15.4 Å². The molecule has 0 bridgehead atoms. The number of carbonyl (C=O) groups is 1. The number of aromatic nitrogens is 3. The van der Waals surface area contributed by atoms with E-state index in [1.807, 2.05) is 0 Å². The van der Waals surface area contributed by atoms with Gasteiger partial charge in [0.05, 0.1) is 6.54 Å². The van der Waals surface area contributed by atoms with Gasteiger partial charge in [-0.2, -0.15) is 0 Å². The third-order valence-corrected chi connectivity index (χ3v) is 3.80. The largest absolute Gasteiger partial charge is 0.573 e. The Morgan fingerprint density at radius 1 is 1.26 bits per heavy atom. The molecule has 1 aromatic carbocycles. The molecule has 12 heteroatoms. The summed E-state index contributed by atoms with van der Waals surface area (Å²) in [4.78, 5) is 16.2. The van der Waals surface area contributed by atoms with Gasteiger partial charge in [0.1, 0.15) is 11.4 Å². The number of nitrogens with zero attached hydrogens (tertiary/aromatic N) is 3. The monoisotopic (exact) mass is 399 g/mol. The van der Waals surface area contributed by atoms with E-state index in [1.54, 1.807) is 6.92 Å². The van der Waals surface area contributed by atoms with Crippen molar-refractivity contribution in [1.82, 2.24) is 20.5 Å². The van der Waals surface area contributed by atoms with Crippen LogP contribution in [0.1, 0.15) is 22.3 Å².